The molecular weight excluding hydrogens is 364 g/mol. The van der Waals surface area contributed by atoms with Gasteiger partial charge in [-0.2, -0.15) is 0 Å². The third-order valence-electron chi connectivity index (χ3n) is 7.96. The lowest BCUT2D eigenvalue weighted by molar-refractivity contribution is 0.0388. The number of hydrogen-bond acceptors (Lipinski definition) is 2. The number of para-hydroxylation sites is 1. The zero-order valence-electron chi connectivity index (χ0n) is 19.5. The molecule has 2 heteroatoms. The van der Waals surface area contributed by atoms with Crippen molar-refractivity contribution in [1.29, 1.82) is 0 Å². The first kappa shape index (κ1) is 19.7. The zero-order chi connectivity index (χ0) is 21.3. The van der Waals surface area contributed by atoms with Gasteiger partial charge >= 0.3 is 0 Å². The van der Waals surface area contributed by atoms with Gasteiger partial charge in [0.05, 0.1) is 11.2 Å². The summed E-state index contributed by atoms with van der Waals surface area (Å²) in [5.74, 6) is 0.714. The standard InChI is InChI=1S/C28H36N2/c1-19-13-7-12-18-24(19)29-20(2)25-22-16-10-11-17-23(22)28(6,21-14-8-9-15-21)30(25)26(29)27(3,4)5/h7,10-13,16-18,21,26H,8-9,14-15H2,1-6H3. The summed E-state index contributed by atoms with van der Waals surface area (Å²) in [4.78, 5) is 5.49. The predicted molar refractivity (Wildman–Crippen MR) is 127 cm³/mol. The van der Waals surface area contributed by atoms with Crippen molar-refractivity contribution in [2.75, 3.05) is 4.90 Å². The molecule has 0 spiro atoms. The maximum Gasteiger partial charge on any atom is 0.112 e. The molecule has 5 rings (SSSR count). The number of benzene rings is 2. The molecule has 2 unspecified atom stereocenters. The second kappa shape index (κ2) is 6.64. The molecule has 30 heavy (non-hydrogen) atoms. The predicted octanol–water partition coefficient (Wildman–Crippen LogP) is 7.30. The average molecular weight is 401 g/mol. The second-order valence-electron chi connectivity index (χ2n) is 10.9. The van der Waals surface area contributed by atoms with Gasteiger partial charge in [-0.15, -0.1) is 0 Å². The lowest BCUT2D eigenvalue weighted by atomic mass is 9.76. The van der Waals surface area contributed by atoms with Gasteiger partial charge in [0, 0.05) is 22.4 Å². The van der Waals surface area contributed by atoms with Crippen molar-refractivity contribution in [2.24, 2.45) is 11.3 Å². The van der Waals surface area contributed by atoms with Gasteiger partial charge in [-0.25, -0.2) is 0 Å². The molecule has 0 amide bonds. The van der Waals surface area contributed by atoms with Crippen LogP contribution < -0.4 is 4.90 Å². The molecule has 1 saturated carbocycles. The summed E-state index contributed by atoms with van der Waals surface area (Å²) >= 11 is 0. The fraction of sp³-hybridized carbons (Fsp3) is 0.500. The van der Waals surface area contributed by atoms with Crippen LogP contribution in [0.15, 0.2) is 54.2 Å². The number of anilines is 1. The number of aryl methyl sites for hydroxylation is 1. The topological polar surface area (TPSA) is 6.48 Å². The van der Waals surface area contributed by atoms with Gasteiger partial charge in [0.25, 0.3) is 0 Å². The summed E-state index contributed by atoms with van der Waals surface area (Å²) in [5, 5.41) is 0. The molecule has 2 atom stereocenters. The van der Waals surface area contributed by atoms with E-state index >= 15 is 0 Å². The minimum atomic E-state index is 0.0546. The van der Waals surface area contributed by atoms with Crippen LogP contribution in [0.3, 0.4) is 0 Å². The van der Waals surface area contributed by atoms with E-state index in [0.717, 1.165) is 0 Å². The Hall–Kier alpha value is -2.22. The molecule has 0 aromatic heterocycles. The van der Waals surface area contributed by atoms with Crippen molar-refractivity contribution in [3.8, 4) is 0 Å². The molecule has 2 aromatic rings. The van der Waals surface area contributed by atoms with Crippen LogP contribution in [0.25, 0.3) is 5.70 Å². The molecule has 0 bridgehead atoms. The van der Waals surface area contributed by atoms with E-state index < -0.39 is 0 Å². The van der Waals surface area contributed by atoms with Crippen molar-refractivity contribution < 1.29 is 0 Å². The van der Waals surface area contributed by atoms with Gasteiger partial charge in [-0.1, -0.05) is 76.1 Å². The summed E-state index contributed by atoms with van der Waals surface area (Å²) in [6.45, 7) is 14.4. The van der Waals surface area contributed by atoms with Crippen molar-refractivity contribution >= 4 is 11.4 Å². The van der Waals surface area contributed by atoms with Gasteiger partial charge in [0.15, 0.2) is 0 Å². The Labute approximate surface area is 182 Å². The first-order valence-corrected chi connectivity index (χ1v) is 11.7. The quantitative estimate of drug-likeness (QED) is 0.522. The highest BCUT2D eigenvalue weighted by Crippen LogP contribution is 2.61. The monoisotopic (exact) mass is 400 g/mol. The van der Waals surface area contributed by atoms with E-state index in [9.17, 15) is 0 Å². The number of hydrogen-bond donors (Lipinski definition) is 0. The van der Waals surface area contributed by atoms with E-state index in [-0.39, 0.29) is 11.0 Å². The third kappa shape index (κ3) is 2.55. The Balaban J connectivity index is 1.79. The van der Waals surface area contributed by atoms with Crippen LogP contribution in [0.4, 0.5) is 5.69 Å². The minimum Gasteiger partial charge on any atom is -0.339 e. The largest absolute Gasteiger partial charge is 0.339 e. The molecule has 0 N–H and O–H groups in total. The van der Waals surface area contributed by atoms with E-state index in [0.29, 0.717) is 12.1 Å². The Morgan fingerprint density at radius 3 is 2.20 bits per heavy atom. The molecule has 2 nitrogen and oxygen atoms in total. The molecule has 2 aromatic carbocycles. The molecule has 1 fully saturated rings. The highest BCUT2D eigenvalue weighted by atomic mass is 15.5. The lowest BCUT2D eigenvalue weighted by Crippen LogP contribution is -2.56. The number of allylic oxidation sites excluding steroid dienone is 1. The number of nitrogens with zero attached hydrogens (tertiary/aromatic N) is 2. The van der Waals surface area contributed by atoms with Crippen LogP contribution >= 0.6 is 0 Å². The fourth-order valence-corrected chi connectivity index (χ4v) is 6.61. The van der Waals surface area contributed by atoms with Crippen LogP contribution in [0, 0.1) is 18.3 Å². The van der Waals surface area contributed by atoms with Crippen molar-refractivity contribution in [3.05, 3.63) is 70.9 Å². The van der Waals surface area contributed by atoms with Crippen LogP contribution in [-0.4, -0.2) is 11.1 Å². The van der Waals surface area contributed by atoms with E-state index in [1.165, 1.54) is 53.9 Å². The van der Waals surface area contributed by atoms with Gasteiger partial charge in [0.1, 0.15) is 6.17 Å². The first-order valence-electron chi connectivity index (χ1n) is 11.7. The zero-order valence-corrected chi connectivity index (χ0v) is 19.5. The molecular formula is C28H36N2. The Morgan fingerprint density at radius 2 is 1.53 bits per heavy atom. The molecule has 1 aliphatic carbocycles. The first-order chi connectivity index (χ1) is 14.3. The third-order valence-corrected chi connectivity index (χ3v) is 7.96. The minimum absolute atomic E-state index is 0.0546. The van der Waals surface area contributed by atoms with E-state index in [1.807, 2.05) is 0 Å². The SMILES string of the molecule is CC1=C2c3ccccc3C(C)(C3CCCC3)N2C(C(C)(C)C)N1c1ccccc1C. The fourth-order valence-electron chi connectivity index (χ4n) is 6.61. The maximum atomic E-state index is 2.84. The molecule has 158 valence electrons. The molecule has 2 aliphatic heterocycles. The maximum absolute atomic E-state index is 2.84. The Bertz CT molecular complexity index is 1010. The average Bonchev–Trinajstić information content (AvgIpc) is 3.39. The van der Waals surface area contributed by atoms with Gasteiger partial charge in [-0.3, -0.25) is 0 Å². The van der Waals surface area contributed by atoms with Crippen molar-refractivity contribution in [2.45, 2.75) is 78.9 Å². The van der Waals surface area contributed by atoms with Crippen molar-refractivity contribution in [3.63, 3.8) is 0 Å². The van der Waals surface area contributed by atoms with Crippen molar-refractivity contribution in [1.82, 2.24) is 4.90 Å². The van der Waals surface area contributed by atoms with E-state index in [2.05, 4.69) is 99.9 Å². The normalized spacial score (nSPS) is 26.5. The summed E-state index contributed by atoms with van der Waals surface area (Å²) in [6, 6.07) is 18.1. The summed E-state index contributed by atoms with van der Waals surface area (Å²) in [6.07, 6.45) is 5.72. The summed E-state index contributed by atoms with van der Waals surface area (Å²) in [5.41, 5.74) is 8.72. The lowest BCUT2D eigenvalue weighted by Gasteiger charge is -2.51. The number of rotatable bonds is 2. The summed E-state index contributed by atoms with van der Waals surface area (Å²) < 4.78 is 0. The van der Waals surface area contributed by atoms with E-state index in [1.54, 1.807) is 5.56 Å². The Kier molecular flexibility index (Phi) is 4.36. The summed E-state index contributed by atoms with van der Waals surface area (Å²) in [7, 11) is 0. The highest BCUT2D eigenvalue weighted by molar-refractivity contribution is 5.83. The molecule has 3 aliphatic rings. The highest BCUT2D eigenvalue weighted by Gasteiger charge is 2.58. The molecule has 2 heterocycles. The Morgan fingerprint density at radius 1 is 0.900 bits per heavy atom. The van der Waals surface area contributed by atoms with Gasteiger partial charge in [-0.05, 0) is 56.7 Å². The van der Waals surface area contributed by atoms with Gasteiger partial charge < -0.3 is 9.80 Å². The molecule has 0 saturated heterocycles. The second-order valence-corrected chi connectivity index (χ2v) is 10.9. The van der Waals surface area contributed by atoms with E-state index in [4.69, 9.17) is 0 Å². The van der Waals surface area contributed by atoms with Crippen LogP contribution in [0.5, 0.6) is 0 Å². The van der Waals surface area contributed by atoms with Gasteiger partial charge in [0.2, 0.25) is 0 Å². The number of fused-ring (bicyclic) bond motifs is 3. The smallest absolute Gasteiger partial charge is 0.112 e. The van der Waals surface area contributed by atoms with Crippen LogP contribution in [0.2, 0.25) is 0 Å². The molecule has 0 radical (unpaired) electrons. The van der Waals surface area contributed by atoms with Crippen LogP contribution in [-0.2, 0) is 5.54 Å². The van der Waals surface area contributed by atoms with Crippen LogP contribution in [0.1, 0.15) is 77.0 Å².